The highest BCUT2D eigenvalue weighted by Gasteiger charge is 2.19. The van der Waals surface area contributed by atoms with Crippen molar-refractivity contribution in [2.24, 2.45) is 11.8 Å². The lowest BCUT2D eigenvalue weighted by Gasteiger charge is -2.21. The minimum atomic E-state index is -1.04. The zero-order valence-corrected chi connectivity index (χ0v) is 8.45. The zero-order chi connectivity index (χ0) is 10.4. The van der Waals surface area contributed by atoms with Crippen LogP contribution in [-0.4, -0.2) is 17.2 Å². The Morgan fingerprint density at radius 3 is 2.64 bits per heavy atom. The first kappa shape index (κ1) is 11.5. The Labute approximate surface area is 84.4 Å². The average Bonchev–Trinajstić information content (AvgIpc) is 2.26. The van der Waals surface area contributed by atoms with E-state index in [1.807, 2.05) is 0 Å². The van der Waals surface area contributed by atoms with Gasteiger partial charge in [-0.3, -0.25) is 0 Å². The summed E-state index contributed by atoms with van der Waals surface area (Å²) in [6.45, 7) is 0. The molecule has 1 aliphatic rings. The third-order valence-corrected chi connectivity index (χ3v) is 2.96. The number of hydrogen-bond donors (Lipinski definition) is 2. The Kier molecular flexibility index (Phi) is 4.90. The van der Waals surface area contributed by atoms with Crippen LogP contribution in [0, 0.1) is 5.92 Å². The van der Waals surface area contributed by atoms with Crippen LogP contribution in [0.3, 0.4) is 0 Å². The van der Waals surface area contributed by atoms with Gasteiger partial charge < -0.3 is 9.94 Å². The summed E-state index contributed by atoms with van der Waals surface area (Å²) in [6.07, 6.45) is 6.67. The Bertz CT molecular complexity index is 178. The number of aliphatic hydroxyl groups excluding tert-OH is 1. The summed E-state index contributed by atoms with van der Waals surface area (Å²) in [5.74, 6) is 4.62. The van der Waals surface area contributed by atoms with Crippen LogP contribution in [0.5, 0.6) is 0 Å². The molecular weight excluding hydrogens is 182 g/mol. The second-order valence-corrected chi connectivity index (χ2v) is 4.03. The average molecular weight is 201 g/mol. The fourth-order valence-electron chi connectivity index (χ4n) is 2.07. The molecule has 0 aromatic carbocycles. The third-order valence-electron chi connectivity index (χ3n) is 2.96. The van der Waals surface area contributed by atoms with Gasteiger partial charge in [-0.25, -0.2) is 4.79 Å². The summed E-state index contributed by atoms with van der Waals surface area (Å²) in [4.78, 5) is 14.8. The van der Waals surface area contributed by atoms with Crippen LogP contribution >= 0.6 is 0 Å². The standard InChI is InChI=1S/C10H19NO3/c11-14-10(13)9(12)7-6-8-4-2-1-3-5-8/h8-9,12H,1-7,11H2. The quantitative estimate of drug-likeness (QED) is 0.669. The highest BCUT2D eigenvalue weighted by molar-refractivity contribution is 5.73. The molecule has 0 aromatic heterocycles. The van der Waals surface area contributed by atoms with Crippen LogP contribution in [0.2, 0.25) is 0 Å². The fraction of sp³-hybridized carbons (Fsp3) is 0.900. The first-order valence-corrected chi connectivity index (χ1v) is 5.32. The second kappa shape index (κ2) is 5.98. The van der Waals surface area contributed by atoms with Crippen molar-refractivity contribution in [3.8, 4) is 0 Å². The van der Waals surface area contributed by atoms with Gasteiger partial charge in [-0.15, -0.1) is 0 Å². The van der Waals surface area contributed by atoms with Gasteiger partial charge in [-0.05, 0) is 18.8 Å². The summed E-state index contributed by atoms with van der Waals surface area (Å²) in [6, 6.07) is 0. The molecule has 0 aromatic rings. The molecule has 0 heterocycles. The first-order valence-electron chi connectivity index (χ1n) is 5.32. The van der Waals surface area contributed by atoms with Crippen molar-refractivity contribution < 1.29 is 14.7 Å². The lowest BCUT2D eigenvalue weighted by molar-refractivity contribution is -0.154. The molecule has 0 saturated heterocycles. The normalized spacial score (nSPS) is 20.4. The molecule has 0 aliphatic heterocycles. The molecule has 1 aliphatic carbocycles. The van der Waals surface area contributed by atoms with E-state index >= 15 is 0 Å². The van der Waals surface area contributed by atoms with E-state index in [-0.39, 0.29) is 0 Å². The van der Waals surface area contributed by atoms with E-state index in [0.717, 1.165) is 6.42 Å². The minimum absolute atomic E-state index is 0.473. The molecule has 0 bridgehead atoms. The Morgan fingerprint density at radius 1 is 1.43 bits per heavy atom. The number of carbonyl (C=O) groups is 1. The van der Waals surface area contributed by atoms with Crippen molar-refractivity contribution in [3.63, 3.8) is 0 Å². The molecule has 1 atom stereocenters. The molecule has 1 rings (SSSR count). The van der Waals surface area contributed by atoms with E-state index in [4.69, 9.17) is 0 Å². The largest absolute Gasteiger partial charge is 0.381 e. The van der Waals surface area contributed by atoms with E-state index < -0.39 is 12.1 Å². The van der Waals surface area contributed by atoms with Gasteiger partial charge in [0.15, 0.2) is 6.10 Å². The summed E-state index contributed by atoms with van der Waals surface area (Å²) >= 11 is 0. The van der Waals surface area contributed by atoms with E-state index in [1.54, 1.807) is 0 Å². The molecule has 0 radical (unpaired) electrons. The molecule has 4 nitrogen and oxygen atoms in total. The van der Waals surface area contributed by atoms with Gasteiger partial charge in [0.25, 0.3) is 0 Å². The van der Waals surface area contributed by atoms with Crippen molar-refractivity contribution >= 4 is 5.97 Å². The summed E-state index contributed by atoms with van der Waals surface area (Å²) in [5, 5.41) is 9.29. The molecule has 14 heavy (non-hydrogen) atoms. The Balaban J connectivity index is 2.15. The maximum atomic E-state index is 10.8. The molecule has 0 amide bonds. The van der Waals surface area contributed by atoms with Crippen molar-refractivity contribution in [1.82, 2.24) is 0 Å². The number of rotatable bonds is 4. The predicted octanol–water partition coefficient (Wildman–Crippen LogP) is 1.12. The van der Waals surface area contributed by atoms with Crippen LogP contribution in [0.4, 0.5) is 0 Å². The SMILES string of the molecule is NOC(=O)C(O)CCC1CCCCC1. The number of aliphatic hydroxyl groups is 1. The molecule has 1 saturated carbocycles. The number of nitrogens with two attached hydrogens (primary N) is 1. The van der Waals surface area contributed by atoms with Crippen LogP contribution in [0.25, 0.3) is 0 Å². The zero-order valence-electron chi connectivity index (χ0n) is 8.45. The topological polar surface area (TPSA) is 72.5 Å². The monoisotopic (exact) mass is 201 g/mol. The first-order chi connectivity index (χ1) is 6.74. The van der Waals surface area contributed by atoms with Gasteiger partial charge in [-0.2, -0.15) is 5.90 Å². The lowest BCUT2D eigenvalue weighted by atomic mass is 9.85. The summed E-state index contributed by atoms with van der Waals surface area (Å²) < 4.78 is 0. The van der Waals surface area contributed by atoms with Crippen LogP contribution < -0.4 is 5.90 Å². The predicted molar refractivity (Wildman–Crippen MR) is 52.1 cm³/mol. The molecule has 0 spiro atoms. The fourth-order valence-corrected chi connectivity index (χ4v) is 2.07. The molecule has 82 valence electrons. The van der Waals surface area contributed by atoms with E-state index in [1.165, 1.54) is 32.1 Å². The second-order valence-electron chi connectivity index (χ2n) is 4.03. The van der Waals surface area contributed by atoms with Crippen LogP contribution in [-0.2, 0) is 9.63 Å². The molecule has 1 fully saturated rings. The highest BCUT2D eigenvalue weighted by atomic mass is 16.7. The minimum Gasteiger partial charge on any atom is -0.381 e. The highest BCUT2D eigenvalue weighted by Crippen LogP contribution is 2.27. The summed E-state index contributed by atoms with van der Waals surface area (Å²) in [5.41, 5.74) is 0. The van der Waals surface area contributed by atoms with Gasteiger partial charge in [0.05, 0.1) is 0 Å². The molecule has 1 unspecified atom stereocenters. The Hall–Kier alpha value is -0.610. The third kappa shape index (κ3) is 3.64. The van der Waals surface area contributed by atoms with E-state index in [0.29, 0.717) is 12.3 Å². The van der Waals surface area contributed by atoms with Crippen LogP contribution in [0.1, 0.15) is 44.9 Å². The van der Waals surface area contributed by atoms with E-state index in [9.17, 15) is 9.90 Å². The number of hydrogen-bond acceptors (Lipinski definition) is 4. The van der Waals surface area contributed by atoms with Crippen molar-refractivity contribution in [3.05, 3.63) is 0 Å². The van der Waals surface area contributed by atoms with Gasteiger partial charge in [-0.1, -0.05) is 32.1 Å². The van der Waals surface area contributed by atoms with Gasteiger partial charge in [0, 0.05) is 0 Å². The van der Waals surface area contributed by atoms with E-state index in [2.05, 4.69) is 10.7 Å². The van der Waals surface area contributed by atoms with Gasteiger partial charge >= 0.3 is 5.97 Å². The molecule has 4 heteroatoms. The van der Waals surface area contributed by atoms with Crippen molar-refractivity contribution in [2.45, 2.75) is 51.0 Å². The molecule has 3 N–H and O–H groups in total. The van der Waals surface area contributed by atoms with Crippen molar-refractivity contribution in [1.29, 1.82) is 0 Å². The maximum Gasteiger partial charge on any atom is 0.353 e. The molecular formula is C10H19NO3. The lowest BCUT2D eigenvalue weighted by Crippen LogP contribution is -2.26. The van der Waals surface area contributed by atoms with Gasteiger partial charge in [0.1, 0.15) is 0 Å². The number of carbonyl (C=O) groups excluding carboxylic acids is 1. The van der Waals surface area contributed by atoms with Crippen molar-refractivity contribution in [2.75, 3.05) is 0 Å². The Morgan fingerprint density at radius 2 is 2.07 bits per heavy atom. The maximum absolute atomic E-state index is 10.8. The summed E-state index contributed by atoms with van der Waals surface area (Å²) in [7, 11) is 0. The van der Waals surface area contributed by atoms with Crippen LogP contribution in [0.15, 0.2) is 0 Å². The smallest absolute Gasteiger partial charge is 0.353 e. The van der Waals surface area contributed by atoms with Gasteiger partial charge in [0.2, 0.25) is 0 Å².